The maximum Gasteiger partial charge on any atom is 0.443 e. The number of nitrogens with one attached hydrogen (secondary N) is 6. The van der Waals surface area contributed by atoms with E-state index in [9.17, 15) is 28.8 Å². The SMILES string of the molecule is COC(=O)NC(C(=O)N1CCCC1c1ncc(-c2ccc3cc(-c4ccc(-c5cnc(C6C7CCC(C7)N6C(=O)C(C6CCOCC6)N(OC(=O)N6CCCC6c6ncc(-c7ccc8cc(-c9ccc(-c%10cnc(C%11C%12CCC(C%12)N%11C(=O)C(NC(=O)OC)C%11CCOCC%11)[nH]%10)cc9)ccc8c7)[nH]6)C(=O)OC)[nH]5)cc4)ccc3c2)[nH]1)c1ccccc1. The number of piperidine rings is 2. The number of imidazole rings is 4. The smallest absolute Gasteiger partial charge is 0.443 e. The number of methoxy groups -OCH3 is 3. The fourth-order valence-corrected chi connectivity index (χ4v) is 20.5. The van der Waals surface area contributed by atoms with Gasteiger partial charge in [-0.25, -0.2) is 39.1 Å². The van der Waals surface area contributed by atoms with Crippen molar-refractivity contribution in [3.8, 4) is 67.3 Å². The summed E-state index contributed by atoms with van der Waals surface area (Å²) in [4.78, 5) is 146. The lowest BCUT2D eigenvalue weighted by Gasteiger charge is -2.41. The van der Waals surface area contributed by atoms with Crippen LogP contribution in [-0.4, -0.2) is 192 Å². The number of hydroxylamine groups is 2. The van der Waals surface area contributed by atoms with Crippen LogP contribution in [0.3, 0.4) is 0 Å². The van der Waals surface area contributed by atoms with Crippen molar-refractivity contribution in [2.24, 2.45) is 23.7 Å². The molecule has 2 aliphatic carbocycles. The summed E-state index contributed by atoms with van der Waals surface area (Å²) in [6.45, 7) is 2.66. The van der Waals surface area contributed by atoms with E-state index in [4.69, 9.17) is 48.5 Å². The zero-order valence-electron chi connectivity index (χ0n) is 67.7. The highest BCUT2D eigenvalue weighted by Crippen LogP contribution is 2.53. The molecule has 4 aromatic heterocycles. The number of nitrogens with zero attached hydrogens (tertiary/aromatic N) is 9. The van der Waals surface area contributed by atoms with Crippen molar-refractivity contribution in [1.29, 1.82) is 0 Å². The molecule has 10 heterocycles. The predicted octanol–water partition coefficient (Wildman–Crippen LogP) is 15.7. The number of rotatable bonds is 19. The maximum atomic E-state index is 15.9. The molecule has 622 valence electrons. The Morgan fingerprint density at radius 1 is 0.430 bits per heavy atom. The summed E-state index contributed by atoms with van der Waals surface area (Å²) in [6, 6.07) is 46.8. The molecule has 19 rings (SSSR count). The summed E-state index contributed by atoms with van der Waals surface area (Å²) in [7, 11) is 3.83. The van der Waals surface area contributed by atoms with Crippen molar-refractivity contribution in [2.75, 3.05) is 60.8 Å². The van der Waals surface area contributed by atoms with Crippen LogP contribution in [0.4, 0.5) is 19.2 Å². The summed E-state index contributed by atoms with van der Waals surface area (Å²) in [5, 5.41) is 10.7. The highest BCUT2D eigenvalue weighted by Gasteiger charge is 2.56. The minimum Gasteiger partial charge on any atom is -0.453 e. The number of alkyl carbamates (subject to hydrolysis) is 2. The number of carbonyl (C=O) groups is 7. The van der Waals surface area contributed by atoms with E-state index in [0.717, 1.165) is 151 Å². The van der Waals surface area contributed by atoms with E-state index in [1.165, 1.54) is 21.3 Å². The fraction of sp³-hybridized carbons (Fsp3) is 0.387. The maximum absolute atomic E-state index is 15.9. The first kappa shape index (κ1) is 78.2. The van der Waals surface area contributed by atoms with E-state index in [2.05, 4.69) is 152 Å². The number of amides is 7. The number of hydrogen-bond acceptors (Lipinski definition) is 17. The molecule has 0 radical (unpaired) electrons. The molecule has 0 spiro atoms. The molecule has 28 nitrogen and oxygen atoms in total. The second kappa shape index (κ2) is 33.5. The normalized spacial score (nSPS) is 22.3. The Morgan fingerprint density at radius 2 is 0.851 bits per heavy atom. The number of aromatic nitrogens is 8. The molecule has 11 aromatic rings. The van der Waals surface area contributed by atoms with Gasteiger partial charge < -0.3 is 73.8 Å². The number of H-pyrrole nitrogens is 4. The van der Waals surface area contributed by atoms with Gasteiger partial charge >= 0.3 is 24.4 Å². The van der Waals surface area contributed by atoms with Gasteiger partial charge in [-0.15, -0.1) is 5.06 Å². The molecule has 6 aliphatic heterocycles. The Labute approximate surface area is 698 Å². The Morgan fingerprint density at radius 3 is 1.36 bits per heavy atom. The van der Waals surface area contributed by atoms with Crippen molar-refractivity contribution in [3.05, 3.63) is 205 Å². The largest absolute Gasteiger partial charge is 0.453 e. The molecule has 28 heteroatoms. The van der Waals surface area contributed by atoms with Gasteiger partial charge in [-0.3, -0.25) is 19.3 Å². The van der Waals surface area contributed by atoms with Gasteiger partial charge in [-0.05, 0) is 198 Å². The van der Waals surface area contributed by atoms with E-state index in [0.29, 0.717) is 101 Å². The molecule has 8 fully saturated rings. The van der Waals surface area contributed by atoms with Crippen LogP contribution >= 0.6 is 0 Å². The third kappa shape index (κ3) is 15.3. The summed E-state index contributed by atoms with van der Waals surface area (Å²) in [5.41, 5.74) is 11.8. The Bertz CT molecular complexity index is 5700. The molecule has 2 saturated carbocycles. The third-order valence-electron chi connectivity index (χ3n) is 26.7. The third-order valence-corrected chi connectivity index (χ3v) is 26.7. The number of hydrogen-bond donors (Lipinski definition) is 6. The average molecular weight is 1630 g/mol. The Hall–Kier alpha value is -12.7. The zero-order valence-corrected chi connectivity index (χ0v) is 67.7. The lowest BCUT2D eigenvalue weighted by Crippen LogP contribution is -2.58. The van der Waals surface area contributed by atoms with Crippen LogP contribution in [0.15, 0.2) is 176 Å². The van der Waals surface area contributed by atoms with Crippen molar-refractivity contribution >= 4 is 63.6 Å². The number of ether oxygens (including phenoxy) is 5. The monoisotopic (exact) mass is 1630 g/mol. The average Bonchev–Trinajstić information content (AvgIpc) is 1.60. The van der Waals surface area contributed by atoms with Crippen LogP contribution in [0.2, 0.25) is 0 Å². The number of benzene rings is 7. The number of aromatic amines is 4. The summed E-state index contributed by atoms with van der Waals surface area (Å²) in [5.74, 6) is 1.87. The molecular formula is C93H97N15O13. The van der Waals surface area contributed by atoms with Crippen molar-refractivity contribution < 1.29 is 62.1 Å². The summed E-state index contributed by atoms with van der Waals surface area (Å²) >= 11 is 0. The zero-order chi connectivity index (χ0) is 82.5. The van der Waals surface area contributed by atoms with Gasteiger partial charge in [-0.1, -0.05) is 127 Å². The van der Waals surface area contributed by atoms with E-state index in [1.807, 2.05) is 58.7 Å². The van der Waals surface area contributed by atoms with Gasteiger partial charge in [0.05, 0.1) is 93.1 Å². The first-order valence-corrected chi connectivity index (χ1v) is 42.4. The summed E-state index contributed by atoms with van der Waals surface area (Å²) in [6.07, 6.45) is 14.4. The quantitative estimate of drug-likeness (QED) is 0.0323. The Balaban J connectivity index is 0.500. The van der Waals surface area contributed by atoms with Crippen LogP contribution in [0.1, 0.15) is 149 Å². The van der Waals surface area contributed by atoms with Crippen molar-refractivity contribution in [3.63, 3.8) is 0 Å². The topological polar surface area (TPSA) is 330 Å². The first-order chi connectivity index (χ1) is 59.2. The van der Waals surface area contributed by atoms with E-state index in [-0.39, 0.29) is 59.6 Å². The molecule has 11 unspecified atom stereocenters. The summed E-state index contributed by atoms with van der Waals surface area (Å²) < 4.78 is 26.7. The minimum absolute atomic E-state index is 0.0554. The predicted molar refractivity (Wildman–Crippen MR) is 449 cm³/mol. The van der Waals surface area contributed by atoms with Crippen LogP contribution in [-0.2, 0) is 42.9 Å². The van der Waals surface area contributed by atoms with Gasteiger partial charge in [0.25, 0.3) is 5.91 Å². The fourth-order valence-electron chi connectivity index (χ4n) is 20.5. The van der Waals surface area contributed by atoms with E-state index >= 15 is 4.79 Å². The standard InChI is InChI=1S/C93H97N15O13/c1-116-90(112)102-78(57-9-5-4-6-10-57)87(109)104-37-7-11-76(104)83-94-51-74(98-83)66-27-25-62-43-60(21-23-64(62)45-66)54-15-19-56(20-16-54)73-50-97-86(101-73)81-69-30-32-71(48-69)107(81)89(111)82(59-35-41-120-42-36-59)108(93(115)118-3)121-92(114)105-38-8-12-77(105)84-95-52-75(99-84)67-28-26-63-44-61(22-24-65(63)46-67)53-13-17-55(18-14-53)72-49-96-85(100-72)80-68-29-31-70(47-68)106(80)88(110)79(103-91(113)117-2)58-33-39-119-40-34-58/h4-6,9-10,13-28,43-46,49-52,58-59,68-71,76-82H,7-8,11-12,29-42,47-48H2,1-3H3,(H,94,98)(H,95,99)(H,96,100)(H,97,101)(H,102,112)(H,103,113). The number of carbonyl (C=O) groups excluding carboxylic acids is 7. The molecule has 6 saturated heterocycles. The van der Waals surface area contributed by atoms with Crippen LogP contribution < -0.4 is 10.6 Å². The second-order valence-corrected chi connectivity index (χ2v) is 33.4. The molecule has 121 heavy (non-hydrogen) atoms. The van der Waals surface area contributed by atoms with Crippen molar-refractivity contribution in [2.45, 2.75) is 144 Å². The van der Waals surface area contributed by atoms with E-state index < -0.39 is 60.5 Å². The van der Waals surface area contributed by atoms with Gasteiger partial charge in [0.15, 0.2) is 6.04 Å². The molecular weight excluding hydrogens is 1540 g/mol. The molecule has 7 aromatic carbocycles. The molecule has 4 bridgehead atoms. The van der Waals surface area contributed by atoms with Gasteiger partial charge in [-0.2, -0.15) is 0 Å². The number of fused-ring (bicyclic) bond motifs is 6. The molecule has 7 amide bonds. The highest BCUT2D eigenvalue weighted by molar-refractivity contribution is 5.94. The van der Waals surface area contributed by atoms with Gasteiger partial charge in [0.1, 0.15) is 35.4 Å². The van der Waals surface area contributed by atoms with Crippen LogP contribution in [0.25, 0.3) is 88.8 Å². The molecule has 8 aliphatic rings. The molecule has 11 atom stereocenters. The van der Waals surface area contributed by atoms with Gasteiger partial charge in [0.2, 0.25) is 11.8 Å². The highest BCUT2D eigenvalue weighted by atomic mass is 16.8. The first-order valence-electron chi connectivity index (χ1n) is 42.4. The lowest BCUT2D eigenvalue weighted by molar-refractivity contribution is -0.171. The lowest BCUT2D eigenvalue weighted by atomic mass is 9.89. The minimum atomic E-state index is -1.23. The van der Waals surface area contributed by atoms with Gasteiger partial charge in [0, 0.05) is 62.7 Å². The second-order valence-electron chi connectivity index (χ2n) is 33.4. The van der Waals surface area contributed by atoms with Crippen molar-refractivity contribution in [1.82, 2.24) is 75.2 Å². The molecule has 6 N–H and O–H groups in total. The van der Waals surface area contributed by atoms with Crippen LogP contribution in [0, 0.1) is 23.7 Å². The van der Waals surface area contributed by atoms with E-state index in [1.54, 1.807) is 16.0 Å². The van der Waals surface area contributed by atoms with Crippen LogP contribution in [0.5, 0.6) is 0 Å². The Kier molecular flexibility index (Phi) is 21.6. The number of likely N-dealkylation sites (tertiary alicyclic amines) is 4.